The molecule has 0 aromatic heterocycles. The lowest BCUT2D eigenvalue weighted by atomic mass is 10.0. The van der Waals surface area contributed by atoms with Crippen molar-refractivity contribution in [1.29, 1.82) is 0 Å². The quantitative estimate of drug-likeness (QED) is 0.618. The van der Waals surface area contributed by atoms with Crippen LogP contribution in [-0.4, -0.2) is 25.0 Å². The van der Waals surface area contributed by atoms with E-state index in [0.29, 0.717) is 18.0 Å². The maximum atomic E-state index is 13.3. The minimum atomic E-state index is -0.522. The predicted molar refractivity (Wildman–Crippen MR) is 113 cm³/mol. The van der Waals surface area contributed by atoms with Crippen LogP contribution in [0.4, 0.5) is 10.1 Å². The van der Waals surface area contributed by atoms with Gasteiger partial charge in [-0.2, -0.15) is 0 Å². The van der Waals surface area contributed by atoms with E-state index in [2.05, 4.69) is 5.32 Å². The number of likely N-dealkylation sites (N-methyl/N-ethyl adjacent to an activating group) is 1. The van der Waals surface area contributed by atoms with E-state index in [1.54, 1.807) is 19.2 Å². The van der Waals surface area contributed by atoms with Gasteiger partial charge in [-0.25, -0.2) is 4.39 Å². The normalized spacial score (nSPS) is 11.9. The zero-order valence-electron chi connectivity index (χ0n) is 16.9. The number of nitrogens with zero attached hydrogens (tertiary/aromatic N) is 1. The number of hydrogen-bond acceptors (Lipinski definition) is 3. The molecule has 0 aliphatic rings. The van der Waals surface area contributed by atoms with Gasteiger partial charge in [0.1, 0.15) is 17.6 Å². The van der Waals surface area contributed by atoms with Gasteiger partial charge < -0.3 is 10.1 Å². The Morgan fingerprint density at radius 3 is 2.41 bits per heavy atom. The fourth-order valence-electron chi connectivity index (χ4n) is 3.33. The molecule has 1 amide bonds. The van der Waals surface area contributed by atoms with E-state index in [1.165, 1.54) is 12.1 Å². The number of halogens is 1. The van der Waals surface area contributed by atoms with Gasteiger partial charge >= 0.3 is 0 Å². The average molecular weight is 392 g/mol. The molecule has 0 bridgehead atoms. The minimum absolute atomic E-state index is 0.162. The number of carbonyl (C=O) groups is 1. The second kappa shape index (κ2) is 9.34. The molecule has 4 nitrogen and oxygen atoms in total. The fourth-order valence-corrected chi connectivity index (χ4v) is 3.33. The maximum absolute atomic E-state index is 13.3. The zero-order valence-corrected chi connectivity index (χ0v) is 16.9. The second-order valence-corrected chi connectivity index (χ2v) is 7.05. The van der Waals surface area contributed by atoms with Gasteiger partial charge in [-0.1, -0.05) is 48.5 Å². The maximum Gasteiger partial charge on any atom is 0.246 e. The number of rotatable bonds is 7. The summed E-state index contributed by atoms with van der Waals surface area (Å²) in [6.45, 7) is 2.46. The predicted octanol–water partition coefficient (Wildman–Crippen LogP) is 4.95. The molecule has 29 heavy (non-hydrogen) atoms. The first-order chi connectivity index (χ1) is 14.0. The third-order valence-corrected chi connectivity index (χ3v) is 4.76. The van der Waals surface area contributed by atoms with Crippen molar-refractivity contribution in [1.82, 2.24) is 4.90 Å². The highest BCUT2D eigenvalue weighted by Gasteiger charge is 2.26. The molecule has 0 fully saturated rings. The first kappa shape index (κ1) is 20.6. The summed E-state index contributed by atoms with van der Waals surface area (Å²) in [4.78, 5) is 15.3. The molecule has 0 spiro atoms. The van der Waals surface area contributed by atoms with E-state index >= 15 is 0 Å². The van der Waals surface area contributed by atoms with E-state index in [0.717, 1.165) is 16.7 Å². The standard InChI is InChI=1S/C24H25FN2O2/c1-17-9-14-22(29-3)21(15-17)26-24(28)23(19-7-5-4-6-8-19)27(2)16-18-10-12-20(25)13-11-18/h4-15,23H,16H2,1-3H3,(H,26,28). The fraction of sp³-hybridized carbons (Fsp3) is 0.208. The lowest BCUT2D eigenvalue weighted by Crippen LogP contribution is -2.34. The number of amides is 1. The van der Waals surface area contributed by atoms with Crippen LogP contribution in [0.5, 0.6) is 5.75 Å². The summed E-state index contributed by atoms with van der Waals surface area (Å²) in [6.07, 6.45) is 0. The van der Waals surface area contributed by atoms with Crippen LogP contribution in [-0.2, 0) is 11.3 Å². The Morgan fingerprint density at radius 1 is 1.07 bits per heavy atom. The Labute approximate surface area is 170 Å². The minimum Gasteiger partial charge on any atom is -0.495 e. The smallest absolute Gasteiger partial charge is 0.246 e. The topological polar surface area (TPSA) is 41.6 Å². The average Bonchev–Trinajstić information content (AvgIpc) is 2.71. The van der Waals surface area contributed by atoms with Crippen LogP contribution in [0.25, 0.3) is 0 Å². The molecule has 1 N–H and O–H groups in total. The summed E-state index contributed by atoms with van der Waals surface area (Å²) in [7, 11) is 3.46. The third kappa shape index (κ3) is 5.21. The SMILES string of the molecule is COc1ccc(C)cc1NC(=O)C(c1ccccc1)N(C)Cc1ccc(F)cc1. The highest BCUT2D eigenvalue weighted by atomic mass is 19.1. The molecule has 0 aliphatic heterocycles. The zero-order chi connectivity index (χ0) is 20.8. The Kier molecular flexibility index (Phi) is 6.62. The molecule has 0 heterocycles. The molecule has 150 valence electrons. The lowest BCUT2D eigenvalue weighted by Gasteiger charge is -2.28. The highest BCUT2D eigenvalue weighted by Crippen LogP contribution is 2.28. The molecule has 1 atom stereocenters. The van der Waals surface area contributed by atoms with Gasteiger partial charge in [0.25, 0.3) is 0 Å². The van der Waals surface area contributed by atoms with Gasteiger partial charge in [0, 0.05) is 6.54 Å². The van der Waals surface area contributed by atoms with Gasteiger partial charge in [-0.3, -0.25) is 9.69 Å². The monoisotopic (exact) mass is 392 g/mol. The molecule has 3 aromatic carbocycles. The van der Waals surface area contributed by atoms with Crippen molar-refractivity contribution in [2.45, 2.75) is 19.5 Å². The summed E-state index contributed by atoms with van der Waals surface area (Å²) in [6, 6.07) is 21.1. The van der Waals surface area contributed by atoms with Crippen LogP contribution in [0.2, 0.25) is 0 Å². The van der Waals surface area contributed by atoms with Crippen LogP contribution >= 0.6 is 0 Å². The van der Waals surface area contributed by atoms with Gasteiger partial charge in [0.2, 0.25) is 5.91 Å². The van der Waals surface area contributed by atoms with Crippen molar-refractivity contribution in [2.24, 2.45) is 0 Å². The highest BCUT2D eigenvalue weighted by molar-refractivity contribution is 5.96. The number of benzene rings is 3. The number of methoxy groups -OCH3 is 1. The number of ether oxygens (including phenoxy) is 1. The van der Waals surface area contributed by atoms with E-state index < -0.39 is 6.04 Å². The van der Waals surface area contributed by atoms with Crippen LogP contribution < -0.4 is 10.1 Å². The van der Waals surface area contributed by atoms with Crippen molar-refractivity contribution in [2.75, 3.05) is 19.5 Å². The van der Waals surface area contributed by atoms with Crippen molar-refractivity contribution in [3.63, 3.8) is 0 Å². The van der Waals surface area contributed by atoms with Crippen molar-refractivity contribution < 1.29 is 13.9 Å². The van der Waals surface area contributed by atoms with Crippen LogP contribution in [0.15, 0.2) is 72.8 Å². The molecule has 0 radical (unpaired) electrons. The molecule has 5 heteroatoms. The Bertz CT molecular complexity index is 958. The van der Waals surface area contributed by atoms with E-state index in [-0.39, 0.29) is 11.7 Å². The van der Waals surface area contributed by atoms with E-state index in [4.69, 9.17) is 4.74 Å². The van der Waals surface area contributed by atoms with Crippen molar-refractivity contribution in [3.8, 4) is 5.75 Å². The first-order valence-corrected chi connectivity index (χ1v) is 9.43. The molecular weight excluding hydrogens is 367 g/mol. The summed E-state index contributed by atoms with van der Waals surface area (Å²) >= 11 is 0. The van der Waals surface area contributed by atoms with Gasteiger partial charge in [-0.15, -0.1) is 0 Å². The molecule has 3 rings (SSSR count). The first-order valence-electron chi connectivity index (χ1n) is 9.43. The lowest BCUT2D eigenvalue weighted by molar-refractivity contribution is -0.121. The van der Waals surface area contributed by atoms with Crippen molar-refractivity contribution >= 4 is 11.6 Å². The van der Waals surface area contributed by atoms with Crippen LogP contribution in [0.1, 0.15) is 22.7 Å². The molecular formula is C24H25FN2O2. The molecule has 0 aliphatic carbocycles. The van der Waals surface area contributed by atoms with Crippen molar-refractivity contribution in [3.05, 3.63) is 95.3 Å². The largest absolute Gasteiger partial charge is 0.495 e. The summed E-state index contributed by atoms with van der Waals surface area (Å²) in [5, 5.41) is 3.01. The number of anilines is 1. The molecule has 0 saturated heterocycles. The molecule has 1 unspecified atom stereocenters. The third-order valence-electron chi connectivity index (χ3n) is 4.76. The van der Waals surface area contributed by atoms with E-state index in [9.17, 15) is 9.18 Å². The van der Waals surface area contributed by atoms with Gasteiger partial charge in [0.15, 0.2) is 0 Å². The van der Waals surface area contributed by atoms with E-state index in [1.807, 2.05) is 67.4 Å². The summed E-state index contributed by atoms with van der Waals surface area (Å²) < 4.78 is 18.6. The number of aryl methyl sites for hydroxylation is 1. The summed E-state index contributed by atoms with van der Waals surface area (Å²) in [5.74, 6) is 0.168. The number of carbonyl (C=O) groups excluding carboxylic acids is 1. The van der Waals surface area contributed by atoms with Crippen LogP contribution in [0.3, 0.4) is 0 Å². The second-order valence-electron chi connectivity index (χ2n) is 7.05. The summed E-state index contributed by atoms with van der Waals surface area (Å²) in [5.41, 5.74) is 3.46. The number of hydrogen-bond donors (Lipinski definition) is 1. The number of nitrogens with one attached hydrogen (secondary N) is 1. The Balaban J connectivity index is 1.88. The van der Waals surface area contributed by atoms with Gasteiger partial charge in [0.05, 0.1) is 12.8 Å². The van der Waals surface area contributed by atoms with Gasteiger partial charge in [-0.05, 0) is 54.9 Å². The molecule has 3 aromatic rings. The Hall–Kier alpha value is -3.18. The van der Waals surface area contributed by atoms with Crippen LogP contribution in [0, 0.1) is 12.7 Å². The Morgan fingerprint density at radius 2 is 1.76 bits per heavy atom. The molecule has 0 saturated carbocycles.